The number of nitrogens with zero attached hydrogens (tertiary/aromatic N) is 2. The Morgan fingerprint density at radius 3 is 2.75 bits per heavy atom. The van der Waals surface area contributed by atoms with Crippen LogP contribution in [0.4, 0.5) is 5.69 Å². The molecule has 1 aromatic carbocycles. The molecule has 2 aliphatic rings. The second-order valence-electron chi connectivity index (χ2n) is 4.38. The van der Waals surface area contributed by atoms with E-state index in [-0.39, 0.29) is 11.8 Å². The van der Waals surface area contributed by atoms with E-state index < -0.39 is 0 Å². The van der Waals surface area contributed by atoms with Gasteiger partial charge in [-0.3, -0.25) is 4.79 Å². The Balaban J connectivity index is 1.93. The molecule has 0 spiro atoms. The molecule has 1 fully saturated rings. The van der Waals surface area contributed by atoms with Gasteiger partial charge in [-0.1, -0.05) is 24.6 Å². The maximum absolute atomic E-state index is 12.2. The van der Waals surface area contributed by atoms with Gasteiger partial charge in [0.1, 0.15) is 0 Å². The zero-order chi connectivity index (χ0) is 11.0. The number of carbonyl (C=O) groups is 1. The van der Waals surface area contributed by atoms with E-state index in [1.165, 1.54) is 6.42 Å². The Hall–Kier alpha value is -1.64. The summed E-state index contributed by atoms with van der Waals surface area (Å²) in [6.07, 6.45) is 4.28. The summed E-state index contributed by atoms with van der Waals surface area (Å²) in [6.45, 7) is 0. The van der Waals surface area contributed by atoms with Gasteiger partial charge in [0.25, 0.3) is 5.91 Å². The fourth-order valence-electron chi connectivity index (χ4n) is 2.46. The molecule has 3 heteroatoms. The van der Waals surface area contributed by atoms with Gasteiger partial charge in [-0.2, -0.15) is 5.10 Å². The van der Waals surface area contributed by atoms with Crippen molar-refractivity contribution in [2.45, 2.75) is 25.7 Å². The molecule has 1 heterocycles. The molecule has 0 unspecified atom stereocenters. The van der Waals surface area contributed by atoms with Crippen molar-refractivity contribution in [1.29, 1.82) is 0 Å². The molecule has 0 N–H and O–H groups in total. The highest BCUT2D eigenvalue weighted by Gasteiger charge is 2.37. The molecular formula is C13H14N2O. The molecule has 1 saturated carbocycles. The van der Waals surface area contributed by atoms with E-state index in [9.17, 15) is 4.79 Å². The lowest BCUT2D eigenvalue weighted by molar-refractivity contribution is -0.120. The summed E-state index contributed by atoms with van der Waals surface area (Å²) in [6, 6.07) is 9.68. The summed E-state index contributed by atoms with van der Waals surface area (Å²) in [5.74, 6) is 0.217. The SMILES string of the molecule is O=C1[C@H]2CCCCC2=NN1c1ccccc1. The summed E-state index contributed by atoms with van der Waals surface area (Å²) in [7, 11) is 0. The average molecular weight is 214 g/mol. The van der Waals surface area contributed by atoms with Gasteiger partial charge in [0, 0.05) is 0 Å². The lowest BCUT2D eigenvalue weighted by Crippen LogP contribution is -2.28. The van der Waals surface area contributed by atoms with Crippen LogP contribution in [-0.4, -0.2) is 11.6 Å². The lowest BCUT2D eigenvalue weighted by Gasteiger charge is -2.16. The van der Waals surface area contributed by atoms with Gasteiger partial charge < -0.3 is 0 Å². The van der Waals surface area contributed by atoms with Crippen molar-refractivity contribution >= 4 is 17.3 Å². The molecule has 0 aromatic heterocycles. The molecule has 0 saturated heterocycles. The van der Waals surface area contributed by atoms with Crippen LogP contribution in [0.15, 0.2) is 35.4 Å². The Labute approximate surface area is 94.8 Å². The van der Waals surface area contributed by atoms with Crippen LogP contribution < -0.4 is 5.01 Å². The third kappa shape index (κ3) is 1.43. The lowest BCUT2D eigenvalue weighted by atomic mass is 9.87. The standard InChI is InChI=1S/C13H14N2O/c16-13-11-8-4-5-9-12(11)14-15(13)10-6-2-1-3-7-10/h1-3,6-7,11H,4-5,8-9H2/t11-/m0/s1. The van der Waals surface area contributed by atoms with Crippen LogP contribution in [-0.2, 0) is 4.79 Å². The van der Waals surface area contributed by atoms with Crippen molar-refractivity contribution in [3.05, 3.63) is 30.3 Å². The van der Waals surface area contributed by atoms with Crippen molar-refractivity contribution in [2.75, 3.05) is 5.01 Å². The van der Waals surface area contributed by atoms with E-state index in [0.29, 0.717) is 0 Å². The highest BCUT2D eigenvalue weighted by Crippen LogP contribution is 2.31. The number of carbonyl (C=O) groups excluding carboxylic acids is 1. The Kier molecular flexibility index (Phi) is 2.24. The van der Waals surface area contributed by atoms with Gasteiger partial charge in [-0.15, -0.1) is 0 Å². The summed E-state index contributed by atoms with van der Waals surface area (Å²) < 4.78 is 0. The zero-order valence-corrected chi connectivity index (χ0v) is 9.10. The molecule has 82 valence electrons. The topological polar surface area (TPSA) is 32.7 Å². The van der Waals surface area contributed by atoms with Gasteiger partial charge in [0.2, 0.25) is 0 Å². The number of hydrazone groups is 1. The molecule has 1 aliphatic carbocycles. The molecule has 0 radical (unpaired) electrons. The molecule has 16 heavy (non-hydrogen) atoms. The van der Waals surface area contributed by atoms with E-state index >= 15 is 0 Å². The van der Waals surface area contributed by atoms with E-state index in [0.717, 1.165) is 30.7 Å². The highest BCUT2D eigenvalue weighted by atomic mass is 16.2. The first-order valence-corrected chi connectivity index (χ1v) is 5.82. The number of benzene rings is 1. The molecule has 1 aliphatic heterocycles. The summed E-state index contributed by atoms with van der Waals surface area (Å²) in [5, 5.41) is 6.04. The molecule has 0 bridgehead atoms. The fraction of sp³-hybridized carbons (Fsp3) is 0.385. The van der Waals surface area contributed by atoms with Crippen molar-refractivity contribution in [1.82, 2.24) is 0 Å². The maximum atomic E-state index is 12.2. The zero-order valence-electron chi connectivity index (χ0n) is 9.10. The van der Waals surface area contributed by atoms with Gasteiger partial charge in [0.05, 0.1) is 17.3 Å². The highest BCUT2D eigenvalue weighted by molar-refractivity contribution is 6.15. The van der Waals surface area contributed by atoms with Crippen LogP contribution in [0.3, 0.4) is 0 Å². The first-order chi connectivity index (χ1) is 7.86. The number of anilines is 1. The second-order valence-corrected chi connectivity index (χ2v) is 4.38. The average Bonchev–Trinajstić information content (AvgIpc) is 2.69. The minimum absolute atomic E-state index is 0.0638. The van der Waals surface area contributed by atoms with Gasteiger partial charge in [-0.25, -0.2) is 5.01 Å². The van der Waals surface area contributed by atoms with Gasteiger partial charge >= 0.3 is 0 Å². The minimum Gasteiger partial charge on any atom is -0.272 e. The maximum Gasteiger partial charge on any atom is 0.256 e. The van der Waals surface area contributed by atoms with Crippen molar-refractivity contribution in [3.63, 3.8) is 0 Å². The minimum atomic E-state index is 0.0638. The van der Waals surface area contributed by atoms with E-state index in [4.69, 9.17) is 0 Å². The molecule has 1 atom stereocenters. The third-order valence-electron chi connectivity index (χ3n) is 3.31. The molecule has 3 nitrogen and oxygen atoms in total. The quantitative estimate of drug-likeness (QED) is 0.707. The number of fused-ring (bicyclic) bond motifs is 1. The predicted molar refractivity (Wildman–Crippen MR) is 63.3 cm³/mol. The summed E-state index contributed by atoms with van der Waals surface area (Å²) in [4.78, 5) is 12.2. The van der Waals surface area contributed by atoms with E-state index in [1.807, 2.05) is 30.3 Å². The molecule has 3 rings (SSSR count). The Morgan fingerprint density at radius 2 is 2.00 bits per heavy atom. The number of rotatable bonds is 1. The van der Waals surface area contributed by atoms with Crippen LogP contribution in [0.5, 0.6) is 0 Å². The number of para-hydroxylation sites is 1. The van der Waals surface area contributed by atoms with Crippen molar-refractivity contribution in [2.24, 2.45) is 11.0 Å². The van der Waals surface area contributed by atoms with Crippen LogP contribution in [0.25, 0.3) is 0 Å². The monoisotopic (exact) mass is 214 g/mol. The number of amides is 1. The van der Waals surface area contributed by atoms with Crippen LogP contribution in [0, 0.1) is 5.92 Å². The summed E-state index contributed by atoms with van der Waals surface area (Å²) >= 11 is 0. The first-order valence-electron chi connectivity index (χ1n) is 5.82. The van der Waals surface area contributed by atoms with Crippen LogP contribution in [0.1, 0.15) is 25.7 Å². The predicted octanol–water partition coefficient (Wildman–Crippen LogP) is 2.58. The van der Waals surface area contributed by atoms with E-state index in [2.05, 4.69) is 5.10 Å². The first kappa shape index (κ1) is 9.58. The molecule has 1 aromatic rings. The Morgan fingerprint density at radius 1 is 1.19 bits per heavy atom. The van der Waals surface area contributed by atoms with Gasteiger partial charge in [0.15, 0.2) is 0 Å². The fourth-order valence-corrected chi connectivity index (χ4v) is 2.46. The van der Waals surface area contributed by atoms with Crippen LogP contribution in [0.2, 0.25) is 0 Å². The third-order valence-corrected chi connectivity index (χ3v) is 3.31. The van der Waals surface area contributed by atoms with Crippen molar-refractivity contribution < 1.29 is 4.79 Å². The van der Waals surface area contributed by atoms with Crippen LogP contribution >= 0.6 is 0 Å². The van der Waals surface area contributed by atoms with E-state index in [1.54, 1.807) is 5.01 Å². The molecular weight excluding hydrogens is 200 g/mol. The van der Waals surface area contributed by atoms with Crippen molar-refractivity contribution in [3.8, 4) is 0 Å². The smallest absolute Gasteiger partial charge is 0.256 e. The Bertz CT molecular complexity index is 439. The number of hydrogen-bond acceptors (Lipinski definition) is 2. The second kappa shape index (κ2) is 3.74. The normalized spacial score (nSPS) is 24.2. The molecule has 1 amide bonds. The number of hydrogen-bond donors (Lipinski definition) is 0. The summed E-state index contributed by atoms with van der Waals surface area (Å²) in [5.41, 5.74) is 1.97. The van der Waals surface area contributed by atoms with Gasteiger partial charge in [-0.05, 0) is 31.4 Å². The largest absolute Gasteiger partial charge is 0.272 e.